The Hall–Kier alpha value is -3.83. The van der Waals surface area contributed by atoms with Crippen molar-refractivity contribution in [1.82, 2.24) is 5.32 Å². The fourth-order valence-electron chi connectivity index (χ4n) is 4.82. The minimum absolute atomic E-state index is 0.0233. The van der Waals surface area contributed by atoms with E-state index in [2.05, 4.69) is 5.32 Å². The third-order valence-electron chi connectivity index (χ3n) is 6.67. The fourth-order valence-corrected chi connectivity index (χ4v) is 6.48. The van der Waals surface area contributed by atoms with Crippen molar-refractivity contribution < 1.29 is 49.7 Å². The number of esters is 2. The Balaban J connectivity index is 0.000000275. The first-order valence-corrected chi connectivity index (χ1v) is 16.9. The molecule has 0 fully saturated rings. The van der Waals surface area contributed by atoms with Crippen LogP contribution in [0.3, 0.4) is 0 Å². The van der Waals surface area contributed by atoms with E-state index in [4.69, 9.17) is 40.7 Å². The predicted molar refractivity (Wildman–Crippen MR) is 169 cm³/mol. The van der Waals surface area contributed by atoms with E-state index in [0.717, 1.165) is 12.1 Å². The number of hydrogen-bond donors (Lipinski definition) is 4. The van der Waals surface area contributed by atoms with Crippen LogP contribution in [0.2, 0.25) is 5.02 Å². The lowest BCUT2D eigenvalue weighted by atomic mass is 9.80. The van der Waals surface area contributed by atoms with Gasteiger partial charge in [0.15, 0.2) is 0 Å². The fraction of sp³-hybridized carbons (Fsp3) is 0.267. The minimum atomic E-state index is -4.47. The third kappa shape index (κ3) is 8.50. The predicted octanol–water partition coefficient (Wildman–Crippen LogP) is 3.60. The van der Waals surface area contributed by atoms with Gasteiger partial charge in [0.2, 0.25) is 0 Å². The molecule has 3 aromatic rings. The summed E-state index contributed by atoms with van der Waals surface area (Å²) in [5.41, 5.74) is 7.70. The highest BCUT2D eigenvalue weighted by molar-refractivity contribution is 7.86. The number of ether oxygens (including phenoxy) is 3. The van der Waals surface area contributed by atoms with E-state index in [-0.39, 0.29) is 29.6 Å². The summed E-state index contributed by atoms with van der Waals surface area (Å²) in [5.74, 6) is -1.86. The highest BCUT2D eigenvalue weighted by atomic mass is 35.5. The second kappa shape index (κ2) is 15.6. The quantitative estimate of drug-likeness (QED) is 0.136. The van der Waals surface area contributed by atoms with Gasteiger partial charge in [0.25, 0.3) is 20.2 Å². The number of nitrogens with two attached hydrogens (primary N) is 1. The molecular weight excluding hydrogens is 664 g/mol. The maximum atomic E-state index is 12.9. The van der Waals surface area contributed by atoms with Crippen molar-refractivity contribution in [2.75, 3.05) is 33.5 Å². The number of allylic oxidation sites excluding steroid dienone is 1. The van der Waals surface area contributed by atoms with Crippen LogP contribution >= 0.6 is 11.6 Å². The van der Waals surface area contributed by atoms with Crippen LogP contribution in [0.4, 0.5) is 0 Å². The molecule has 1 aliphatic heterocycles. The summed E-state index contributed by atoms with van der Waals surface area (Å²) in [6, 6.07) is 14.6. The SMILES string of the molecule is CCOC(=O)C1=C(COCCN)NC(C)=C(C(=O)OC)C1c1ccccc1Cl.O=S(=O)(O)c1cccc2c(S(=O)(=O)O)cccc12. The molecule has 4 rings (SSSR count). The first-order valence-electron chi connectivity index (χ1n) is 13.6. The molecule has 0 aromatic heterocycles. The summed E-state index contributed by atoms with van der Waals surface area (Å²) in [4.78, 5) is 24.6. The lowest BCUT2D eigenvalue weighted by molar-refractivity contribution is -0.139. The highest BCUT2D eigenvalue weighted by Crippen LogP contribution is 2.42. The molecule has 0 saturated heterocycles. The summed E-state index contributed by atoms with van der Waals surface area (Å²) < 4.78 is 78.5. The van der Waals surface area contributed by atoms with Crippen LogP contribution < -0.4 is 11.1 Å². The van der Waals surface area contributed by atoms with Crippen molar-refractivity contribution in [3.8, 4) is 0 Å². The lowest BCUT2D eigenvalue weighted by Gasteiger charge is -2.31. The molecule has 0 bridgehead atoms. The summed E-state index contributed by atoms with van der Waals surface area (Å²) in [7, 11) is -7.64. The number of carbonyl (C=O) groups is 2. The molecule has 16 heteroatoms. The number of hydrogen-bond acceptors (Lipinski definition) is 11. The summed E-state index contributed by atoms with van der Waals surface area (Å²) in [5, 5.41) is 3.57. The van der Waals surface area contributed by atoms with Gasteiger partial charge < -0.3 is 25.3 Å². The molecule has 13 nitrogen and oxygen atoms in total. The Labute approximate surface area is 271 Å². The van der Waals surface area contributed by atoms with E-state index in [0.29, 0.717) is 40.7 Å². The molecule has 0 aliphatic carbocycles. The second-order valence-electron chi connectivity index (χ2n) is 9.62. The summed E-state index contributed by atoms with van der Waals surface area (Å²) in [6.07, 6.45) is 0. The number of methoxy groups -OCH3 is 1. The van der Waals surface area contributed by atoms with Crippen LogP contribution in [0.1, 0.15) is 25.3 Å². The Morgan fingerprint density at radius 2 is 1.46 bits per heavy atom. The van der Waals surface area contributed by atoms with Gasteiger partial charge >= 0.3 is 11.9 Å². The van der Waals surface area contributed by atoms with Gasteiger partial charge in [-0.15, -0.1) is 0 Å². The van der Waals surface area contributed by atoms with Crippen LogP contribution in [0, 0.1) is 0 Å². The van der Waals surface area contributed by atoms with Crippen molar-refractivity contribution >= 4 is 54.5 Å². The summed E-state index contributed by atoms with van der Waals surface area (Å²) in [6.45, 7) is 4.42. The van der Waals surface area contributed by atoms with Crippen LogP contribution in [0.5, 0.6) is 0 Å². The Kier molecular flexibility index (Phi) is 12.5. The topological polar surface area (TPSA) is 209 Å². The van der Waals surface area contributed by atoms with Gasteiger partial charge in [-0.25, -0.2) is 9.59 Å². The first kappa shape index (κ1) is 36.6. The average Bonchev–Trinajstić information content (AvgIpc) is 2.99. The lowest BCUT2D eigenvalue weighted by Crippen LogP contribution is -2.35. The Bertz CT molecular complexity index is 1840. The number of nitrogens with one attached hydrogen (secondary N) is 1. The first-order chi connectivity index (χ1) is 21.7. The van der Waals surface area contributed by atoms with Gasteiger partial charge in [-0.05, 0) is 37.6 Å². The molecule has 1 heterocycles. The molecule has 0 saturated carbocycles. The van der Waals surface area contributed by atoms with Crippen molar-refractivity contribution in [3.63, 3.8) is 0 Å². The Morgan fingerprint density at radius 1 is 0.891 bits per heavy atom. The highest BCUT2D eigenvalue weighted by Gasteiger charge is 2.39. The number of benzene rings is 3. The molecule has 5 N–H and O–H groups in total. The zero-order chi connectivity index (χ0) is 34.2. The molecule has 0 spiro atoms. The maximum absolute atomic E-state index is 12.9. The zero-order valence-electron chi connectivity index (χ0n) is 25.0. The van der Waals surface area contributed by atoms with Crippen molar-refractivity contribution in [1.29, 1.82) is 0 Å². The van der Waals surface area contributed by atoms with E-state index in [1.54, 1.807) is 38.1 Å². The normalized spacial score (nSPS) is 15.2. The second-order valence-corrected chi connectivity index (χ2v) is 12.8. The van der Waals surface area contributed by atoms with Gasteiger partial charge in [-0.2, -0.15) is 16.8 Å². The van der Waals surface area contributed by atoms with E-state index in [1.165, 1.54) is 31.4 Å². The average molecular weight is 697 g/mol. The Morgan fingerprint density at radius 3 is 1.93 bits per heavy atom. The van der Waals surface area contributed by atoms with E-state index < -0.39 is 47.9 Å². The third-order valence-corrected chi connectivity index (χ3v) is 8.84. The molecule has 46 heavy (non-hydrogen) atoms. The van der Waals surface area contributed by atoms with E-state index in [1.807, 2.05) is 0 Å². The zero-order valence-corrected chi connectivity index (χ0v) is 27.4. The number of carbonyl (C=O) groups excluding carboxylic acids is 2. The minimum Gasteiger partial charge on any atom is -0.466 e. The van der Waals surface area contributed by atoms with Crippen molar-refractivity contribution in [2.24, 2.45) is 5.73 Å². The van der Waals surface area contributed by atoms with Gasteiger partial charge in [0, 0.05) is 28.0 Å². The van der Waals surface area contributed by atoms with Gasteiger partial charge in [0.05, 0.1) is 49.7 Å². The van der Waals surface area contributed by atoms with E-state index in [9.17, 15) is 26.4 Å². The van der Waals surface area contributed by atoms with Gasteiger partial charge in [-0.3, -0.25) is 9.11 Å². The van der Waals surface area contributed by atoms with Gasteiger partial charge in [-0.1, -0.05) is 54.1 Å². The molecule has 0 radical (unpaired) electrons. The number of dihydropyridines is 1. The van der Waals surface area contributed by atoms with Crippen LogP contribution in [0.25, 0.3) is 10.8 Å². The molecule has 248 valence electrons. The standard InChI is InChI=1S/C20H25ClN2O5.C10H8O6S2/c1-4-28-20(25)18-15(11-27-10-9-22)23-12(2)16(19(24)26-3)17(18)13-7-5-6-8-14(13)21;11-17(12,13)9-5-1-3-7-8(9)4-2-6-10(7)18(14,15)16/h5-8,17,23H,4,9-11,22H2,1-3H3;1-6H,(H,11,12,13)(H,14,15,16). The van der Waals surface area contributed by atoms with Crippen molar-refractivity contribution in [2.45, 2.75) is 29.6 Å². The summed E-state index contributed by atoms with van der Waals surface area (Å²) >= 11 is 6.42. The molecule has 1 atom stereocenters. The molecular formula is C30H33ClN2O11S2. The molecule has 0 amide bonds. The number of fused-ring (bicyclic) bond motifs is 1. The molecule has 1 aliphatic rings. The largest absolute Gasteiger partial charge is 0.466 e. The monoisotopic (exact) mass is 696 g/mol. The van der Waals surface area contributed by atoms with Crippen LogP contribution in [-0.2, 0) is 44.0 Å². The van der Waals surface area contributed by atoms with Crippen LogP contribution in [-0.4, -0.2) is 71.4 Å². The van der Waals surface area contributed by atoms with Crippen LogP contribution in [0.15, 0.2) is 93.0 Å². The number of rotatable bonds is 10. The molecule has 3 aromatic carbocycles. The van der Waals surface area contributed by atoms with E-state index >= 15 is 0 Å². The smallest absolute Gasteiger partial charge is 0.336 e. The number of halogens is 1. The van der Waals surface area contributed by atoms with Gasteiger partial charge in [0.1, 0.15) is 9.79 Å². The molecule has 1 unspecified atom stereocenters. The maximum Gasteiger partial charge on any atom is 0.336 e. The van der Waals surface area contributed by atoms with Crippen molar-refractivity contribution in [3.05, 3.63) is 93.8 Å².